The molecular formula is C16H18BrN5O. The van der Waals surface area contributed by atoms with Crippen LogP contribution in [0.5, 0.6) is 0 Å². The predicted octanol–water partition coefficient (Wildman–Crippen LogP) is 3.00. The van der Waals surface area contributed by atoms with E-state index in [1.807, 2.05) is 24.5 Å². The van der Waals surface area contributed by atoms with Crippen LogP contribution in [0.4, 0.5) is 5.95 Å². The standard InChI is InChI=1S/C16H18BrN5O/c1-16(2,23)4-6-22-9-11(12-3-5-19-15(18)21-12)10-7-14(17)20-8-13(10)22/h3,5,7-9,23H,4,6H2,1-2H3,(H2,18,19,21). The number of aliphatic hydroxyl groups is 1. The molecule has 3 heterocycles. The van der Waals surface area contributed by atoms with Crippen LogP contribution >= 0.6 is 15.9 Å². The maximum absolute atomic E-state index is 9.98. The molecule has 3 rings (SSSR count). The first-order valence-electron chi connectivity index (χ1n) is 7.29. The van der Waals surface area contributed by atoms with Crippen LogP contribution in [0.2, 0.25) is 0 Å². The summed E-state index contributed by atoms with van der Waals surface area (Å²) in [7, 11) is 0. The molecule has 7 heteroatoms. The van der Waals surface area contributed by atoms with E-state index in [9.17, 15) is 5.11 Å². The number of nitrogen functional groups attached to an aromatic ring is 1. The van der Waals surface area contributed by atoms with Crippen molar-refractivity contribution >= 4 is 32.8 Å². The lowest BCUT2D eigenvalue weighted by Gasteiger charge is -2.17. The van der Waals surface area contributed by atoms with Crippen molar-refractivity contribution in [3.8, 4) is 11.3 Å². The van der Waals surface area contributed by atoms with E-state index >= 15 is 0 Å². The minimum atomic E-state index is -0.723. The van der Waals surface area contributed by atoms with Crippen molar-refractivity contribution < 1.29 is 5.11 Å². The second kappa shape index (κ2) is 5.90. The topological polar surface area (TPSA) is 89.8 Å². The summed E-state index contributed by atoms with van der Waals surface area (Å²) in [4.78, 5) is 12.6. The fraction of sp³-hybridized carbons (Fsp3) is 0.312. The molecule has 0 saturated carbocycles. The molecule has 3 aromatic heterocycles. The van der Waals surface area contributed by atoms with Crippen LogP contribution in [-0.2, 0) is 6.54 Å². The SMILES string of the molecule is CC(C)(O)CCn1cc(-c2ccnc(N)n2)c2cc(Br)ncc21. The number of halogens is 1. The Morgan fingerprint density at radius 3 is 2.83 bits per heavy atom. The van der Waals surface area contributed by atoms with E-state index in [0.29, 0.717) is 13.0 Å². The van der Waals surface area contributed by atoms with Gasteiger partial charge in [-0.3, -0.25) is 0 Å². The van der Waals surface area contributed by atoms with E-state index in [-0.39, 0.29) is 5.95 Å². The van der Waals surface area contributed by atoms with Crippen LogP contribution in [0.1, 0.15) is 20.3 Å². The molecule has 23 heavy (non-hydrogen) atoms. The molecule has 0 fully saturated rings. The van der Waals surface area contributed by atoms with E-state index in [1.165, 1.54) is 0 Å². The van der Waals surface area contributed by atoms with Gasteiger partial charge in [0.1, 0.15) is 4.60 Å². The minimum absolute atomic E-state index is 0.244. The number of hydrogen-bond acceptors (Lipinski definition) is 5. The van der Waals surface area contributed by atoms with Crippen molar-refractivity contribution in [1.29, 1.82) is 0 Å². The summed E-state index contributed by atoms with van der Waals surface area (Å²) in [5.41, 5.74) is 7.71. The fourth-order valence-corrected chi connectivity index (χ4v) is 2.80. The van der Waals surface area contributed by atoms with E-state index in [2.05, 4.69) is 35.4 Å². The van der Waals surface area contributed by atoms with Crippen LogP contribution in [0, 0.1) is 0 Å². The highest BCUT2D eigenvalue weighted by Crippen LogP contribution is 2.31. The van der Waals surface area contributed by atoms with E-state index in [0.717, 1.165) is 26.8 Å². The molecule has 0 aromatic carbocycles. The van der Waals surface area contributed by atoms with Gasteiger partial charge in [-0.1, -0.05) is 0 Å². The molecule has 0 aliphatic carbocycles. The highest BCUT2D eigenvalue weighted by Gasteiger charge is 2.16. The second-order valence-electron chi connectivity index (χ2n) is 6.12. The third-order valence-electron chi connectivity index (χ3n) is 3.65. The van der Waals surface area contributed by atoms with Gasteiger partial charge in [0.2, 0.25) is 5.95 Å². The molecule has 0 unspecified atom stereocenters. The van der Waals surface area contributed by atoms with Crippen molar-refractivity contribution in [3.05, 3.63) is 35.3 Å². The smallest absolute Gasteiger partial charge is 0.220 e. The average molecular weight is 376 g/mol. The number of pyridine rings is 1. The number of aromatic nitrogens is 4. The normalized spacial score (nSPS) is 12.0. The summed E-state index contributed by atoms with van der Waals surface area (Å²) in [5, 5.41) is 11.0. The number of anilines is 1. The van der Waals surface area contributed by atoms with Gasteiger partial charge in [0, 0.05) is 29.9 Å². The summed E-state index contributed by atoms with van der Waals surface area (Å²) >= 11 is 3.42. The van der Waals surface area contributed by atoms with Gasteiger partial charge in [0.05, 0.1) is 23.0 Å². The number of aryl methyl sites for hydroxylation is 1. The molecule has 0 bridgehead atoms. The lowest BCUT2D eigenvalue weighted by atomic mass is 10.1. The van der Waals surface area contributed by atoms with E-state index in [4.69, 9.17) is 5.73 Å². The summed E-state index contributed by atoms with van der Waals surface area (Å²) in [6.07, 6.45) is 6.12. The Morgan fingerprint density at radius 1 is 1.35 bits per heavy atom. The van der Waals surface area contributed by atoms with Crippen LogP contribution in [0.25, 0.3) is 22.2 Å². The third kappa shape index (κ3) is 3.51. The maximum atomic E-state index is 9.98. The van der Waals surface area contributed by atoms with Gasteiger partial charge in [-0.25, -0.2) is 15.0 Å². The zero-order chi connectivity index (χ0) is 16.6. The van der Waals surface area contributed by atoms with Gasteiger partial charge in [-0.15, -0.1) is 0 Å². The predicted molar refractivity (Wildman–Crippen MR) is 93.8 cm³/mol. The molecule has 0 saturated heterocycles. The molecule has 6 nitrogen and oxygen atoms in total. The molecule has 0 spiro atoms. The molecule has 0 atom stereocenters. The Balaban J connectivity index is 2.12. The minimum Gasteiger partial charge on any atom is -0.390 e. The summed E-state index contributed by atoms with van der Waals surface area (Å²) in [6.45, 7) is 4.29. The van der Waals surface area contributed by atoms with Gasteiger partial charge < -0.3 is 15.4 Å². The van der Waals surface area contributed by atoms with Crippen LogP contribution in [0.3, 0.4) is 0 Å². The molecule has 120 valence electrons. The average Bonchev–Trinajstić information content (AvgIpc) is 2.82. The Labute approximate surface area is 142 Å². The van der Waals surface area contributed by atoms with Gasteiger partial charge in [0.15, 0.2) is 0 Å². The van der Waals surface area contributed by atoms with Crippen LogP contribution in [-0.4, -0.2) is 30.2 Å². The van der Waals surface area contributed by atoms with Gasteiger partial charge in [0.25, 0.3) is 0 Å². The lowest BCUT2D eigenvalue weighted by Crippen LogP contribution is -2.20. The molecule has 3 N–H and O–H groups in total. The number of rotatable bonds is 4. The Morgan fingerprint density at radius 2 is 2.13 bits per heavy atom. The molecular weight excluding hydrogens is 358 g/mol. The quantitative estimate of drug-likeness (QED) is 0.684. The number of nitrogens with two attached hydrogens (primary N) is 1. The highest BCUT2D eigenvalue weighted by molar-refractivity contribution is 9.10. The van der Waals surface area contributed by atoms with E-state index < -0.39 is 5.60 Å². The first kappa shape index (κ1) is 15.9. The number of fused-ring (bicyclic) bond motifs is 1. The van der Waals surface area contributed by atoms with Crippen molar-refractivity contribution in [2.24, 2.45) is 0 Å². The molecule has 3 aromatic rings. The largest absolute Gasteiger partial charge is 0.390 e. The zero-order valence-electron chi connectivity index (χ0n) is 13.0. The Kier molecular flexibility index (Phi) is 4.08. The Bertz CT molecular complexity index is 853. The monoisotopic (exact) mass is 375 g/mol. The molecule has 0 amide bonds. The second-order valence-corrected chi connectivity index (χ2v) is 6.94. The number of nitrogens with zero attached hydrogens (tertiary/aromatic N) is 4. The van der Waals surface area contributed by atoms with Crippen molar-refractivity contribution in [2.45, 2.75) is 32.4 Å². The third-order valence-corrected chi connectivity index (χ3v) is 4.08. The van der Waals surface area contributed by atoms with Gasteiger partial charge in [-0.2, -0.15) is 0 Å². The van der Waals surface area contributed by atoms with Crippen LogP contribution in [0.15, 0.2) is 35.3 Å². The van der Waals surface area contributed by atoms with Crippen LogP contribution < -0.4 is 5.73 Å². The van der Waals surface area contributed by atoms with Gasteiger partial charge >= 0.3 is 0 Å². The fourth-order valence-electron chi connectivity index (χ4n) is 2.47. The molecule has 0 aliphatic rings. The summed E-state index contributed by atoms with van der Waals surface area (Å²) < 4.78 is 2.84. The van der Waals surface area contributed by atoms with Crippen molar-refractivity contribution in [1.82, 2.24) is 19.5 Å². The lowest BCUT2D eigenvalue weighted by molar-refractivity contribution is 0.0666. The Hall–Kier alpha value is -1.99. The summed E-state index contributed by atoms with van der Waals surface area (Å²) in [5.74, 6) is 0.244. The first-order valence-corrected chi connectivity index (χ1v) is 8.08. The van der Waals surface area contributed by atoms with Gasteiger partial charge in [-0.05, 0) is 48.3 Å². The van der Waals surface area contributed by atoms with E-state index in [1.54, 1.807) is 20.0 Å². The maximum Gasteiger partial charge on any atom is 0.220 e. The summed E-state index contributed by atoms with van der Waals surface area (Å²) in [6, 6.07) is 3.79. The first-order chi connectivity index (χ1) is 10.8. The number of hydrogen-bond donors (Lipinski definition) is 2. The highest BCUT2D eigenvalue weighted by atomic mass is 79.9. The van der Waals surface area contributed by atoms with Crippen molar-refractivity contribution in [3.63, 3.8) is 0 Å². The molecule has 0 radical (unpaired) electrons. The molecule has 0 aliphatic heterocycles. The zero-order valence-corrected chi connectivity index (χ0v) is 14.6. The van der Waals surface area contributed by atoms with Crippen molar-refractivity contribution in [2.75, 3.05) is 5.73 Å².